The number of hydrogen-bond acceptors (Lipinski definition) is 5. The molecular formula is C26H23N3O2S. The van der Waals surface area contributed by atoms with Crippen LogP contribution in [0.1, 0.15) is 42.0 Å². The number of ketones is 1. The van der Waals surface area contributed by atoms with Crippen LogP contribution in [0.4, 0.5) is 5.69 Å². The van der Waals surface area contributed by atoms with Gasteiger partial charge in [-0.15, -0.1) is 11.3 Å². The smallest absolute Gasteiger partial charge is 0.254 e. The van der Waals surface area contributed by atoms with Crippen LogP contribution >= 0.6 is 11.3 Å². The first-order valence-corrected chi connectivity index (χ1v) is 11.5. The fraction of sp³-hybridized carbons (Fsp3) is 0.192. The fourth-order valence-electron chi connectivity index (χ4n) is 4.66. The third-order valence-corrected chi connectivity index (χ3v) is 7.10. The van der Waals surface area contributed by atoms with E-state index in [9.17, 15) is 9.59 Å². The summed E-state index contributed by atoms with van der Waals surface area (Å²) in [5.74, 6) is -0.408. The standard InChI is InChI=1S/C26H23N3O2S/c1-16-23(26(31)29-19-8-3-2-4-9-19)24(17-7-5-11-27-15-17)25-20(28-16)13-18(14-21(25)30)22-10-6-12-32-22/h2-12,15,18,24,28H,13-14H2,1H3,(H,29,31)/t18-,24+/m0/s1. The van der Waals surface area contributed by atoms with E-state index in [1.807, 2.05) is 60.8 Å². The van der Waals surface area contributed by atoms with Crippen molar-refractivity contribution in [3.8, 4) is 0 Å². The molecule has 0 bridgehead atoms. The van der Waals surface area contributed by atoms with Crippen molar-refractivity contribution in [2.45, 2.75) is 31.6 Å². The number of pyridine rings is 1. The number of anilines is 1. The number of dihydropyridines is 1. The van der Waals surface area contributed by atoms with Crippen LogP contribution in [0, 0.1) is 0 Å². The van der Waals surface area contributed by atoms with E-state index in [1.54, 1.807) is 23.7 Å². The molecule has 1 aliphatic carbocycles. The van der Waals surface area contributed by atoms with Crippen LogP contribution in [0.15, 0.2) is 94.9 Å². The molecule has 32 heavy (non-hydrogen) atoms. The summed E-state index contributed by atoms with van der Waals surface area (Å²) in [6, 6.07) is 17.3. The van der Waals surface area contributed by atoms with Crippen LogP contribution in [-0.4, -0.2) is 16.7 Å². The maximum atomic E-state index is 13.5. The van der Waals surface area contributed by atoms with Crippen molar-refractivity contribution < 1.29 is 9.59 Å². The van der Waals surface area contributed by atoms with Crippen LogP contribution in [0.5, 0.6) is 0 Å². The molecule has 2 aromatic heterocycles. The summed E-state index contributed by atoms with van der Waals surface area (Å²) in [5.41, 5.74) is 4.50. The van der Waals surface area contributed by atoms with Gasteiger partial charge in [0.2, 0.25) is 0 Å². The number of allylic oxidation sites excluding steroid dienone is 3. The van der Waals surface area contributed by atoms with E-state index in [1.165, 1.54) is 4.88 Å². The monoisotopic (exact) mass is 441 g/mol. The van der Waals surface area contributed by atoms with Gasteiger partial charge in [-0.1, -0.05) is 30.3 Å². The average molecular weight is 442 g/mol. The summed E-state index contributed by atoms with van der Waals surface area (Å²) in [6.07, 6.45) is 4.66. The number of benzene rings is 1. The Bertz CT molecular complexity index is 1210. The molecule has 0 spiro atoms. The number of aromatic nitrogens is 1. The molecule has 0 saturated carbocycles. The molecule has 1 aliphatic heterocycles. The number of hydrogen-bond donors (Lipinski definition) is 2. The molecule has 3 aromatic rings. The topological polar surface area (TPSA) is 71.1 Å². The van der Waals surface area contributed by atoms with Crippen LogP contribution in [0.2, 0.25) is 0 Å². The van der Waals surface area contributed by atoms with E-state index < -0.39 is 5.92 Å². The summed E-state index contributed by atoms with van der Waals surface area (Å²) in [7, 11) is 0. The Hall–Kier alpha value is -3.51. The first kappa shape index (κ1) is 20.4. The van der Waals surface area contributed by atoms with Crippen LogP contribution in [0.3, 0.4) is 0 Å². The molecule has 0 saturated heterocycles. The Kier molecular flexibility index (Phi) is 5.45. The van der Waals surface area contributed by atoms with Crippen LogP contribution in [0.25, 0.3) is 0 Å². The molecule has 3 heterocycles. The van der Waals surface area contributed by atoms with Crippen molar-refractivity contribution in [3.05, 3.63) is 105 Å². The maximum Gasteiger partial charge on any atom is 0.254 e. The number of para-hydroxylation sites is 1. The van der Waals surface area contributed by atoms with Crippen LogP contribution < -0.4 is 10.6 Å². The molecule has 0 radical (unpaired) electrons. The molecule has 1 amide bonds. The molecular weight excluding hydrogens is 418 g/mol. The Balaban J connectivity index is 1.56. The average Bonchev–Trinajstić information content (AvgIpc) is 3.34. The van der Waals surface area contributed by atoms with Crippen LogP contribution in [-0.2, 0) is 9.59 Å². The molecule has 5 rings (SSSR count). The number of carbonyl (C=O) groups excluding carboxylic acids is 2. The number of nitrogens with zero attached hydrogens (tertiary/aromatic N) is 1. The molecule has 6 heteroatoms. The minimum absolute atomic E-state index is 0.0866. The van der Waals surface area contributed by atoms with Gasteiger partial charge >= 0.3 is 0 Å². The molecule has 2 aliphatic rings. The summed E-state index contributed by atoms with van der Waals surface area (Å²) in [4.78, 5) is 32.4. The summed E-state index contributed by atoms with van der Waals surface area (Å²) >= 11 is 1.69. The SMILES string of the molecule is CC1=C(C(=O)Nc2ccccc2)[C@@H](c2cccnc2)C2=C(C[C@H](c3cccs3)CC2=O)N1. The van der Waals surface area contributed by atoms with E-state index in [0.29, 0.717) is 17.6 Å². The van der Waals surface area contributed by atoms with Crippen molar-refractivity contribution in [2.24, 2.45) is 0 Å². The molecule has 0 unspecified atom stereocenters. The van der Waals surface area contributed by atoms with Gasteiger partial charge in [-0.05, 0) is 48.6 Å². The van der Waals surface area contributed by atoms with Gasteiger partial charge in [0.25, 0.3) is 5.91 Å². The predicted octanol–water partition coefficient (Wildman–Crippen LogP) is 5.14. The summed E-state index contributed by atoms with van der Waals surface area (Å²) < 4.78 is 0. The van der Waals surface area contributed by atoms with E-state index in [0.717, 1.165) is 29.1 Å². The molecule has 160 valence electrons. The number of thiophene rings is 1. The molecule has 2 atom stereocenters. The Morgan fingerprint density at radius 1 is 1.09 bits per heavy atom. The zero-order chi connectivity index (χ0) is 22.1. The van der Waals surface area contributed by atoms with Crippen molar-refractivity contribution in [2.75, 3.05) is 5.32 Å². The van der Waals surface area contributed by atoms with Crippen molar-refractivity contribution in [3.63, 3.8) is 0 Å². The van der Waals surface area contributed by atoms with Gasteiger partial charge in [0.1, 0.15) is 0 Å². The highest BCUT2D eigenvalue weighted by Gasteiger charge is 2.41. The third kappa shape index (κ3) is 3.78. The highest BCUT2D eigenvalue weighted by Crippen LogP contribution is 2.46. The second-order valence-corrected chi connectivity index (χ2v) is 9.12. The zero-order valence-electron chi connectivity index (χ0n) is 17.7. The molecule has 0 fully saturated rings. The van der Waals surface area contributed by atoms with Gasteiger partial charge in [-0.25, -0.2) is 0 Å². The predicted molar refractivity (Wildman–Crippen MR) is 126 cm³/mol. The quantitative estimate of drug-likeness (QED) is 0.588. The normalized spacial score (nSPS) is 20.6. The van der Waals surface area contributed by atoms with Crippen molar-refractivity contribution in [1.82, 2.24) is 10.3 Å². The van der Waals surface area contributed by atoms with Gasteiger partial charge < -0.3 is 10.6 Å². The summed E-state index contributed by atoms with van der Waals surface area (Å²) in [6.45, 7) is 1.91. The second kappa shape index (κ2) is 8.55. The maximum absolute atomic E-state index is 13.5. The number of nitrogens with one attached hydrogen (secondary N) is 2. The van der Waals surface area contributed by atoms with Gasteiger partial charge in [0.15, 0.2) is 5.78 Å². The van der Waals surface area contributed by atoms with Gasteiger partial charge in [-0.3, -0.25) is 14.6 Å². The van der Waals surface area contributed by atoms with Gasteiger partial charge in [-0.2, -0.15) is 0 Å². The minimum Gasteiger partial charge on any atom is -0.362 e. The number of rotatable bonds is 4. The fourth-order valence-corrected chi connectivity index (χ4v) is 5.50. The highest BCUT2D eigenvalue weighted by molar-refractivity contribution is 7.10. The Morgan fingerprint density at radius 2 is 1.94 bits per heavy atom. The first-order valence-electron chi connectivity index (χ1n) is 10.7. The highest BCUT2D eigenvalue weighted by atomic mass is 32.1. The molecule has 2 N–H and O–H groups in total. The minimum atomic E-state index is -0.444. The largest absolute Gasteiger partial charge is 0.362 e. The molecule has 1 aromatic carbocycles. The van der Waals surface area contributed by atoms with E-state index in [-0.39, 0.29) is 17.6 Å². The first-order chi connectivity index (χ1) is 15.6. The third-order valence-electron chi connectivity index (χ3n) is 6.07. The lowest BCUT2D eigenvalue weighted by atomic mass is 9.73. The molecule has 5 nitrogen and oxygen atoms in total. The van der Waals surface area contributed by atoms with E-state index in [4.69, 9.17) is 0 Å². The van der Waals surface area contributed by atoms with E-state index >= 15 is 0 Å². The van der Waals surface area contributed by atoms with Gasteiger partial charge in [0.05, 0.1) is 0 Å². The number of amides is 1. The second-order valence-electron chi connectivity index (χ2n) is 8.14. The lowest BCUT2D eigenvalue weighted by molar-refractivity contribution is -0.116. The summed E-state index contributed by atoms with van der Waals surface area (Å²) in [5, 5.41) is 8.46. The van der Waals surface area contributed by atoms with Gasteiger partial charge in [0, 0.05) is 63.8 Å². The Morgan fingerprint density at radius 3 is 2.66 bits per heavy atom. The lowest BCUT2D eigenvalue weighted by Crippen LogP contribution is -2.37. The number of carbonyl (C=O) groups is 2. The number of Topliss-reactive ketones (excluding diaryl/α,β-unsaturated/α-hetero) is 1. The zero-order valence-corrected chi connectivity index (χ0v) is 18.5. The van der Waals surface area contributed by atoms with Crippen molar-refractivity contribution >= 4 is 28.7 Å². The van der Waals surface area contributed by atoms with Crippen molar-refractivity contribution in [1.29, 1.82) is 0 Å². The Labute approximate surface area is 190 Å². The lowest BCUT2D eigenvalue weighted by Gasteiger charge is -2.36. The van der Waals surface area contributed by atoms with E-state index in [2.05, 4.69) is 21.7 Å².